The lowest BCUT2D eigenvalue weighted by molar-refractivity contribution is 0.200. The molecular weight excluding hydrogens is 240 g/mol. The van der Waals surface area contributed by atoms with E-state index >= 15 is 0 Å². The van der Waals surface area contributed by atoms with E-state index in [9.17, 15) is 0 Å². The normalized spacial score (nSPS) is 32.0. The van der Waals surface area contributed by atoms with E-state index in [4.69, 9.17) is 0 Å². The van der Waals surface area contributed by atoms with Crippen LogP contribution >= 0.6 is 0 Å². The van der Waals surface area contributed by atoms with Crippen molar-refractivity contribution in [3.05, 3.63) is 35.5 Å². The molecule has 112 valence electrons. The summed E-state index contributed by atoms with van der Waals surface area (Å²) in [4.78, 5) is 0. The van der Waals surface area contributed by atoms with Crippen molar-refractivity contribution in [2.45, 2.75) is 60.3 Å². The minimum atomic E-state index is 0.681. The summed E-state index contributed by atoms with van der Waals surface area (Å²) in [6.07, 6.45) is 15.1. The predicted octanol–water partition coefficient (Wildman–Crippen LogP) is 6.16. The zero-order valence-electron chi connectivity index (χ0n) is 14.0. The van der Waals surface area contributed by atoms with Crippen LogP contribution in [0.4, 0.5) is 0 Å². The molecule has 4 atom stereocenters. The van der Waals surface area contributed by atoms with Crippen LogP contribution in [-0.4, -0.2) is 0 Å². The van der Waals surface area contributed by atoms with Gasteiger partial charge in [-0.2, -0.15) is 0 Å². The van der Waals surface area contributed by atoms with Gasteiger partial charge >= 0.3 is 0 Å². The first kappa shape index (κ1) is 15.6. The second kappa shape index (κ2) is 6.78. The quantitative estimate of drug-likeness (QED) is 0.537. The number of fused-ring (bicyclic) bond motifs is 1. The van der Waals surface area contributed by atoms with Crippen molar-refractivity contribution in [1.29, 1.82) is 0 Å². The van der Waals surface area contributed by atoms with E-state index in [-0.39, 0.29) is 0 Å². The van der Waals surface area contributed by atoms with Gasteiger partial charge in [-0.15, -0.1) is 0 Å². The Morgan fingerprint density at radius 3 is 2.70 bits per heavy atom. The first-order chi connectivity index (χ1) is 9.49. The van der Waals surface area contributed by atoms with Crippen molar-refractivity contribution in [3.63, 3.8) is 0 Å². The number of rotatable bonds is 4. The fourth-order valence-electron chi connectivity index (χ4n) is 4.04. The van der Waals surface area contributed by atoms with Gasteiger partial charge in [-0.05, 0) is 69.1 Å². The van der Waals surface area contributed by atoms with Crippen LogP contribution in [-0.2, 0) is 0 Å². The van der Waals surface area contributed by atoms with E-state index in [1.54, 1.807) is 11.1 Å². The van der Waals surface area contributed by atoms with E-state index < -0.39 is 0 Å². The fraction of sp³-hybridized carbons (Fsp3) is 0.700. The van der Waals surface area contributed by atoms with Crippen molar-refractivity contribution < 1.29 is 0 Å². The van der Waals surface area contributed by atoms with Gasteiger partial charge in [0.05, 0.1) is 0 Å². The third-order valence-corrected chi connectivity index (χ3v) is 5.34. The van der Waals surface area contributed by atoms with Crippen LogP contribution in [0.3, 0.4) is 0 Å². The van der Waals surface area contributed by atoms with Crippen LogP contribution in [0.1, 0.15) is 60.3 Å². The number of allylic oxidation sites excluding steroid dienone is 6. The molecule has 0 aromatic heterocycles. The Bertz CT molecular complexity index is 408. The Labute approximate surface area is 126 Å². The third-order valence-electron chi connectivity index (χ3n) is 5.34. The molecule has 0 aromatic rings. The van der Waals surface area contributed by atoms with Crippen molar-refractivity contribution in [3.8, 4) is 0 Å². The Hall–Kier alpha value is -0.780. The van der Waals surface area contributed by atoms with Gasteiger partial charge in [0.2, 0.25) is 0 Å². The Morgan fingerprint density at radius 1 is 1.25 bits per heavy atom. The minimum absolute atomic E-state index is 0.681. The van der Waals surface area contributed by atoms with Gasteiger partial charge < -0.3 is 0 Å². The molecule has 0 nitrogen and oxygen atoms in total. The molecule has 0 aromatic carbocycles. The second-order valence-electron chi connectivity index (χ2n) is 7.47. The molecule has 0 spiro atoms. The maximum atomic E-state index is 2.61. The molecular formula is C20H32. The number of hydrogen-bond donors (Lipinski definition) is 0. The van der Waals surface area contributed by atoms with Crippen molar-refractivity contribution >= 4 is 0 Å². The number of hydrogen-bond acceptors (Lipinski definition) is 0. The van der Waals surface area contributed by atoms with Crippen LogP contribution in [0.5, 0.6) is 0 Å². The average Bonchev–Trinajstić information content (AvgIpc) is 2.38. The topological polar surface area (TPSA) is 0 Å². The Balaban J connectivity index is 2.08. The van der Waals surface area contributed by atoms with Crippen molar-refractivity contribution in [1.82, 2.24) is 0 Å². The predicted molar refractivity (Wildman–Crippen MR) is 89.6 cm³/mol. The smallest absolute Gasteiger partial charge is 0.0131 e. The molecule has 0 fully saturated rings. The van der Waals surface area contributed by atoms with Crippen molar-refractivity contribution in [2.75, 3.05) is 0 Å². The summed E-state index contributed by atoms with van der Waals surface area (Å²) in [5.41, 5.74) is 3.27. The van der Waals surface area contributed by atoms with Crippen LogP contribution < -0.4 is 0 Å². The molecule has 0 heteroatoms. The summed E-state index contributed by atoms with van der Waals surface area (Å²) < 4.78 is 0. The molecule has 1 unspecified atom stereocenters. The van der Waals surface area contributed by atoms with Crippen molar-refractivity contribution in [2.24, 2.45) is 29.6 Å². The minimum Gasteiger partial charge on any atom is -0.0880 e. The molecule has 0 heterocycles. The van der Waals surface area contributed by atoms with Crippen LogP contribution in [0.25, 0.3) is 0 Å². The molecule has 2 aliphatic carbocycles. The third kappa shape index (κ3) is 3.65. The maximum absolute atomic E-state index is 2.61. The standard InChI is InChI=1S/C20H32/c1-14(2)7-6-8-16(4)19-12-10-17(5)18-11-9-15(3)13-20(18)19/h6-7,10,13-14,16,18-20H,8-9,11-12H2,1-5H3/b7-6+/t16?,18-,19+,20-/m0/s1. The lowest BCUT2D eigenvalue weighted by Crippen LogP contribution is -2.32. The zero-order chi connectivity index (χ0) is 14.7. The Morgan fingerprint density at radius 2 is 2.00 bits per heavy atom. The molecule has 2 aliphatic rings. The second-order valence-corrected chi connectivity index (χ2v) is 7.47. The molecule has 0 N–H and O–H groups in total. The summed E-state index contributed by atoms with van der Waals surface area (Å²) in [7, 11) is 0. The molecule has 0 saturated heterocycles. The molecule has 2 rings (SSSR count). The fourth-order valence-corrected chi connectivity index (χ4v) is 4.04. The summed E-state index contributed by atoms with van der Waals surface area (Å²) in [6, 6.07) is 0. The first-order valence-electron chi connectivity index (χ1n) is 8.49. The van der Waals surface area contributed by atoms with E-state index in [1.807, 2.05) is 0 Å². The SMILES string of the molecule is CC1=C[C@@H]2[C@@H](C(C)C/C=C/C(C)C)CC=C(C)[C@@H]2CC1. The highest BCUT2D eigenvalue weighted by Gasteiger charge is 2.35. The molecule has 0 aliphatic heterocycles. The highest BCUT2D eigenvalue weighted by Crippen LogP contribution is 2.45. The maximum Gasteiger partial charge on any atom is -0.0131 e. The first-order valence-corrected chi connectivity index (χ1v) is 8.49. The summed E-state index contributed by atoms with van der Waals surface area (Å²) in [6.45, 7) is 11.7. The van der Waals surface area contributed by atoms with E-state index in [0.29, 0.717) is 5.92 Å². The summed E-state index contributed by atoms with van der Waals surface area (Å²) in [5.74, 6) is 3.95. The lowest BCUT2D eigenvalue weighted by Gasteiger charge is -2.41. The van der Waals surface area contributed by atoms with Crippen LogP contribution in [0, 0.1) is 29.6 Å². The zero-order valence-corrected chi connectivity index (χ0v) is 14.0. The van der Waals surface area contributed by atoms with E-state index in [0.717, 1.165) is 23.7 Å². The van der Waals surface area contributed by atoms with Gasteiger partial charge in [0.25, 0.3) is 0 Å². The molecule has 0 amide bonds. The largest absolute Gasteiger partial charge is 0.0880 e. The van der Waals surface area contributed by atoms with Gasteiger partial charge in [0.15, 0.2) is 0 Å². The molecule has 0 radical (unpaired) electrons. The molecule has 0 saturated carbocycles. The Kier molecular flexibility index (Phi) is 5.29. The summed E-state index contributed by atoms with van der Waals surface area (Å²) in [5, 5.41) is 0. The van der Waals surface area contributed by atoms with Gasteiger partial charge in [-0.25, -0.2) is 0 Å². The van der Waals surface area contributed by atoms with Crippen LogP contribution in [0.15, 0.2) is 35.5 Å². The average molecular weight is 272 g/mol. The van der Waals surface area contributed by atoms with Gasteiger partial charge in [-0.3, -0.25) is 0 Å². The highest BCUT2D eigenvalue weighted by molar-refractivity contribution is 5.21. The van der Waals surface area contributed by atoms with Gasteiger partial charge in [0, 0.05) is 0 Å². The monoisotopic (exact) mass is 272 g/mol. The van der Waals surface area contributed by atoms with Gasteiger partial charge in [-0.1, -0.05) is 56.2 Å². The molecule has 20 heavy (non-hydrogen) atoms. The summed E-state index contributed by atoms with van der Waals surface area (Å²) >= 11 is 0. The van der Waals surface area contributed by atoms with Crippen LogP contribution in [0.2, 0.25) is 0 Å². The van der Waals surface area contributed by atoms with Gasteiger partial charge in [0.1, 0.15) is 0 Å². The lowest BCUT2D eigenvalue weighted by atomic mass is 9.63. The van der Waals surface area contributed by atoms with E-state index in [2.05, 4.69) is 58.9 Å². The molecule has 0 bridgehead atoms. The van der Waals surface area contributed by atoms with E-state index in [1.165, 1.54) is 25.7 Å². The highest BCUT2D eigenvalue weighted by atomic mass is 14.4.